The number of rotatable bonds is 3. The second kappa shape index (κ2) is 6.39. The number of nitrogens with zero attached hydrogens (tertiary/aromatic N) is 2. The fraction of sp³-hybridized carbons (Fsp3) is 0.294. The Morgan fingerprint density at radius 3 is 2.71 bits per heavy atom. The highest BCUT2D eigenvalue weighted by Gasteiger charge is 2.26. The SMILES string of the molecule is O=C(Nc1ccccc1)N1CCC(Cc2ccncc2)C1. The highest BCUT2D eigenvalue weighted by atomic mass is 16.2. The number of carbonyl (C=O) groups is 1. The van der Waals surface area contributed by atoms with E-state index in [-0.39, 0.29) is 6.03 Å². The molecule has 2 heterocycles. The summed E-state index contributed by atoms with van der Waals surface area (Å²) in [6.45, 7) is 1.65. The van der Waals surface area contributed by atoms with E-state index in [0.717, 1.165) is 31.6 Å². The molecule has 3 rings (SSSR count). The van der Waals surface area contributed by atoms with Crippen LogP contribution >= 0.6 is 0 Å². The van der Waals surface area contributed by atoms with Crippen molar-refractivity contribution < 1.29 is 4.79 Å². The molecule has 1 aromatic carbocycles. The van der Waals surface area contributed by atoms with E-state index in [1.807, 2.05) is 59.8 Å². The average molecular weight is 281 g/mol. The number of amides is 2. The largest absolute Gasteiger partial charge is 0.324 e. The Hall–Kier alpha value is -2.36. The van der Waals surface area contributed by atoms with Crippen LogP contribution in [0.1, 0.15) is 12.0 Å². The number of pyridine rings is 1. The fourth-order valence-electron chi connectivity index (χ4n) is 2.76. The van der Waals surface area contributed by atoms with Crippen LogP contribution < -0.4 is 5.32 Å². The molecule has 0 saturated carbocycles. The van der Waals surface area contributed by atoms with Crippen LogP contribution in [0.15, 0.2) is 54.9 Å². The lowest BCUT2D eigenvalue weighted by Gasteiger charge is -2.17. The number of urea groups is 1. The molecule has 1 aliphatic heterocycles. The molecule has 1 N–H and O–H groups in total. The highest BCUT2D eigenvalue weighted by molar-refractivity contribution is 5.89. The Labute approximate surface area is 124 Å². The molecule has 21 heavy (non-hydrogen) atoms. The lowest BCUT2D eigenvalue weighted by atomic mass is 10.00. The quantitative estimate of drug-likeness (QED) is 0.939. The predicted molar refractivity (Wildman–Crippen MR) is 83.1 cm³/mol. The maximum Gasteiger partial charge on any atom is 0.321 e. The van der Waals surface area contributed by atoms with Crippen molar-refractivity contribution in [1.29, 1.82) is 0 Å². The topological polar surface area (TPSA) is 45.2 Å². The first kappa shape index (κ1) is 13.6. The molecule has 0 spiro atoms. The lowest BCUT2D eigenvalue weighted by Crippen LogP contribution is -2.33. The molecule has 1 atom stereocenters. The van der Waals surface area contributed by atoms with Gasteiger partial charge in [0.05, 0.1) is 0 Å². The molecule has 2 amide bonds. The van der Waals surface area contributed by atoms with Gasteiger partial charge in [0.2, 0.25) is 0 Å². The van der Waals surface area contributed by atoms with Crippen LogP contribution in [0.25, 0.3) is 0 Å². The Morgan fingerprint density at radius 2 is 1.95 bits per heavy atom. The van der Waals surface area contributed by atoms with E-state index in [9.17, 15) is 4.79 Å². The summed E-state index contributed by atoms with van der Waals surface area (Å²) in [5.74, 6) is 0.536. The van der Waals surface area contributed by atoms with E-state index < -0.39 is 0 Å². The Bertz CT molecular complexity index is 585. The number of carbonyl (C=O) groups excluding carboxylic acids is 1. The molecule has 0 aliphatic carbocycles. The first-order chi connectivity index (χ1) is 10.3. The van der Waals surface area contributed by atoms with Gasteiger partial charge in [0.25, 0.3) is 0 Å². The van der Waals surface area contributed by atoms with Gasteiger partial charge < -0.3 is 10.2 Å². The minimum atomic E-state index is -0.00146. The number of likely N-dealkylation sites (tertiary alicyclic amines) is 1. The van der Waals surface area contributed by atoms with E-state index in [2.05, 4.69) is 10.3 Å². The van der Waals surface area contributed by atoms with Crippen molar-refractivity contribution in [3.63, 3.8) is 0 Å². The first-order valence-electron chi connectivity index (χ1n) is 7.31. The zero-order chi connectivity index (χ0) is 14.5. The lowest BCUT2D eigenvalue weighted by molar-refractivity contribution is 0.221. The van der Waals surface area contributed by atoms with E-state index in [0.29, 0.717) is 5.92 Å². The molecule has 1 saturated heterocycles. The minimum Gasteiger partial charge on any atom is -0.324 e. The van der Waals surface area contributed by atoms with Crippen molar-refractivity contribution in [3.05, 3.63) is 60.4 Å². The number of hydrogen-bond acceptors (Lipinski definition) is 2. The maximum absolute atomic E-state index is 12.2. The van der Waals surface area contributed by atoms with Gasteiger partial charge in [-0.2, -0.15) is 0 Å². The zero-order valence-corrected chi connectivity index (χ0v) is 11.9. The van der Waals surface area contributed by atoms with E-state index in [1.165, 1.54) is 5.56 Å². The van der Waals surface area contributed by atoms with E-state index in [1.54, 1.807) is 0 Å². The Morgan fingerprint density at radius 1 is 1.19 bits per heavy atom. The van der Waals surface area contributed by atoms with Gasteiger partial charge in [0, 0.05) is 31.2 Å². The van der Waals surface area contributed by atoms with Gasteiger partial charge >= 0.3 is 6.03 Å². The van der Waals surface area contributed by atoms with Crippen molar-refractivity contribution in [3.8, 4) is 0 Å². The Balaban J connectivity index is 1.53. The number of hydrogen-bond donors (Lipinski definition) is 1. The normalized spacial score (nSPS) is 17.7. The third kappa shape index (κ3) is 3.60. The van der Waals surface area contributed by atoms with Crippen LogP contribution in [0, 0.1) is 5.92 Å². The molecule has 1 fully saturated rings. The summed E-state index contributed by atoms with van der Waals surface area (Å²) in [7, 11) is 0. The molecule has 4 heteroatoms. The number of nitrogens with one attached hydrogen (secondary N) is 1. The van der Waals surface area contributed by atoms with Crippen LogP contribution in [-0.4, -0.2) is 29.0 Å². The van der Waals surface area contributed by atoms with Crippen molar-refractivity contribution in [2.45, 2.75) is 12.8 Å². The molecule has 0 radical (unpaired) electrons. The van der Waals surface area contributed by atoms with Crippen molar-refractivity contribution >= 4 is 11.7 Å². The van der Waals surface area contributed by atoms with Crippen molar-refractivity contribution in [2.24, 2.45) is 5.92 Å². The van der Waals surface area contributed by atoms with Gasteiger partial charge in [-0.15, -0.1) is 0 Å². The molecule has 0 bridgehead atoms. The predicted octanol–water partition coefficient (Wildman–Crippen LogP) is 3.18. The molecule has 4 nitrogen and oxygen atoms in total. The smallest absolute Gasteiger partial charge is 0.321 e. The third-order valence-corrected chi connectivity index (χ3v) is 3.87. The van der Waals surface area contributed by atoms with Gasteiger partial charge in [0.1, 0.15) is 0 Å². The van der Waals surface area contributed by atoms with Crippen LogP contribution in [0.5, 0.6) is 0 Å². The van der Waals surface area contributed by atoms with Crippen molar-refractivity contribution in [1.82, 2.24) is 9.88 Å². The summed E-state index contributed by atoms with van der Waals surface area (Å²) in [5.41, 5.74) is 2.14. The van der Waals surface area contributed by atoms with Crippen LogP contribution in [0.2, 0.25) is 0 Å². The van der Waals surface area contributed by atoms with Crippen molar-refractivity contribution in [2.75, 3.05) is 18.4 Å². The summed E-state index contributed by atoms with van der Waals surface area (Å²) in [4.78, 5) is 18.2. The zero-order valence-electron chi connectivity index (χ0n) is 11.9. The molecular weight excluding hydrogens is 262 g/mol. The maximum atomic E-state index is 12.2. The second-order valence-electron chi connectivity index (χ2n) is 5.46. The summed E-state index contributed by atoms with van der Waals surface area (Å²) in [6.07, 6.45) is 5.72. The summed E-state index contributed by atoms with van der Waals surface area (Å²) in [6, 6.07) is 13.7. The molecule has 1 unspecified atom stereocenters. The van der Waals surface area contributed by atoms with E-state index in [4.69, 9.17) is 0 Å². The minimum absolute atomic E-state index is 0.00146. The first-order valence-corrected chi connectivity index (χ1v) is 7.31. The highest BCUT2D eigenvalue weighted by Crippen LogP contribution is 2.21. The van der Waals surface area contributed by atoms with Crippen LogP contribution in [0.4, 0.5) is 10.5 Å². The summed E-state index contributed by atoms with van der Waals surface area (Å²) < 4.78 is 0. The molecule has 1 aliphatic rings. The number of para-hydroxylation sites is 1. The monoisotopic (exact) mass is 281 g/mol. The van der Waals surface area contributed by atoms with Gasteiger partial charge in [-0.05, 0) is 48.6 Å². The van der Waals surface area contributed by atoms with Gasteiger partial charge in [-0.3, -0.25) is 4.98 Å². The standard InChI is InChI=1S/C17H19N3O/c21-17(19-16-4-2-1-3-5-16)20-11-8-15(13-20)12-14-6-9-18-10-7-14/h1-7,9-10,15H,8,11-13H2,(H,19,21). The summed E-state index contributed by atoms with van der Waals surface area (Å²) >= 11 is 0. The molecular formula is C17H19N3O. The number of anilines is 1. The second-order valence-corrected chi connectivity index (χ2v) is 5.46. The molecule has 2 aromatic rings. The third-order valence-electron chi connectivity index (χ3n) is 3.87. The van der Waals surface area contributed by atoms with Crippen LogP contribution in [-0.2, 0) is 6.42 Å². The van der Waals surface area contributed by atoms with Gasteiger partial charge in [0.15, 0.2) is 0 Å². The average Bonchev–Trinajstić information content (AvgIpc) is 2.98. The number of aromatic nitrogens is 1. The molecule has 1 aromatic heterocycles. The number of benzene rings is 1. The molecule has 108 valence electrons. The van der Waals surface area contributed by atoms with Gasteiger partial charge in [-0.25, -0.2) is 4.79 Å². The Kier molecular flexibility index (Phi) is 4.15. The van der Waals surface area contributed by atoms with Gasteiger partial charge in [-0.1, -0.05) is 18.2 Å². The summed E-state index contributed by atoms with van der Waals surface area (Å²) in [5, 5.41) is 2.95. The fourth-order valence-corrected chi connectivity index (χ4v) is 2.76. The van der Waals surface area contributed by atoms with Crippen LogP contribution in [0.3, 0.4) is 0 Å². The van der Waals surface area contributed by atoms with E-state index >= 15 is 0 Å².